The highest BCUT2D eigenvalue weighted by molar-refractivity contribution is 6.59. The van der Waals surface area contributed by atoms with Gasteiger partial charge in [-0.05, 0) is 36.5 Å². The molecule has 5 heteroatoms. The molecule has 1 aromatic carbocycles. The first-order valence-corrected chi connectivity index (χ1v) is 12.3. The average Bonchev–Trinajstić information content (AvgIpc) is 2.61. The number of hydrogen-bond acceptors (Lipinski definition) is 1. The Hall–Kier alpha value is -0.973. The van der Waals surface area contributed by atoms with E-state index in [2.05, 4.69) is 6.92 Å². The molecule has 0 amide bonds. The molecule has 142 valence electrons. The lowest BCUT2D eigenvalue weighted by Gasteiger charge is -2.28. The molecule has 1 saturated heterocycles. The first-order valence-electron chi connectivity index (χ1n) is 9.80. The van der Waals surface area contributed by atoms with Crippen LogP contribution in [-0.4, -0.2) is 21.8 Å². The summed E-state index contributed by atoms with van der Waals surface area (Å²) in [5.41, 5.74) is 0.997. The summed E-state index contributed by atoms with van der Waals surface area (Å²) < 4.78 is 43.2. The fourth-order valence-corrected chi connectivity index (χ4v) is 7.34. The zero-order chi connectivity index (χ0) is 18.1. The van der Waals surface area contributed by atoms with Gasteiger partial charge in [-0.2, -0.15) is 0 Å². The molecule has 1 heterocycles. The van der Waals surface area contributed by atoms with E-state index in [1.54, 1.807) is 0 Å². The van der Waals surface area contributed by atoms with Gasteiger partial charge in [0, 0.05) is 8.80 Å². The molecule has 25 heavy (non-hydrogen) atoms. The van der Waals surface area contributed by atoms with Crippen LogP contribution in [0.3, 0.4) is 0 Å². The number of hydrogen-bond donors (Lipinski definition) is 0. The van der Waals surface area contributed by atoms with Gasteiger partial charge in [0.2, 0.25) is 0 Å². The number of ether oxygens (including phenoxy) is 1. The molecule has 0 spiro atoms. The largest absolute Gasteiger partial charge is 0.485 e. The fraction of sp³-hybridized carbons (Fsp3) is 0.700. The Bertz CT molecular complexity index is 502. The van der Waals surface area contributed by atoms with Gasteiger partial charge in [-0.15, -0.1) is 0 Å². The van der Waals surface area contributed by atoms with E-state index in [1.807, 2.05) is 6.07 Å². The normalized spacial score (nSPS) is 20.8. The third-order valence-corrected chi connectivity index (χ3v) is 8.88. The van der Waals surface area contributed by atoms with Gasteiger partial charge in [0.1, 0.15) is 6.61 Å². The van der Waals surface area contributed by atoms with E-state index >= 15 is 0 Å². The van der Waals surface area contributed by atoms with Gasteiger partial charge in [0.05, 0.1) is 0 Å². The predicted molar refractivity (Wildman–Crippen MR) is 100 cm³/mol. The second-order valence-corrected chi connectivity index (χ2v) is 10.8. The molecule has 2 rings (SSSR count). The van der Waals surface area contributed by atoms with E-state index in [4.69, 9.17) is 4.74 Å². The highest BCUT2D eigenvalue weighted by atomic mass is 28.3. The molecule has 0 aromatic heterocycles. The van der Waals surface area contributed by atoms with Crippen LogP contribution in [0.2, 0.25) is 18.1 Å². The van der Waals surface area contributed by atoms with Crippen LogP contribution >= 0.6 is 0 Å². The molecule has 0 atom stereocenters. The molecule has 0 bridgehead atoms. The Kier molecular flexibility index (Phi) is 8.86. The zero-order valence-corrected chi connectivity index (χ0v) is 16.4. The van der Waals surface area contributed by atoms with E-state index in [0.29, 0.717) is 5.92 Å². The maximum Gasteiger partial charge on any atom is 0.272 e. The van der Waals surface area contributed by atoms with E-state index in [-0.39, 0.29) is 5.75 Å². The summed E-state index contributed by atoms with van der Waals surface area (Å²) in [7, 11) is -0.586. The average molecular weight is 373 g/mol. The van der Waals surface area contributed by atoms with Crippen molar-refractivity contribution >= 4 is 8.80 Å². The van der Waals surface area contributed by atoms with Crippen LogP contribution in [0.1, 0.15) is 63.4 Å². The second kappa shape index (κ2) is 10.9. The molecule has 1 aromatic rings. The van der Waals surface area contributed by atoms with Crippen LogP contribution in [0, 0.1) is 5.82 Å². The van der Waals surface area contributed by atoms with Crippen molar-refractivity contribution in [3.8, 4) is 5.75 Å². The Balaban J connectivity index is 1.75. The minimum atomic E-state index is -2.58. The van der Waals surface area contributed by atoms with Gasteiger partial charge in [-0.25, -0.2) is 13.2 Å². The van der Waals surface area contributed by atoms with Gasteiger partial charge < -0.3 is 4.74 Å². The molecule has 0 radical (unpaired) electrons. The lowest BCUT2D eigenvalue weighted by molar-refractivity contribution is 0.0799. The number of rotatable bonds is 10. The molecule has 0 N–H and O–H groups in total. The summed E-state index contributed by atoms with van der Waals surface area (Å²) in [5, 5.41) is 0. The van der Waals surface area contributed by atoms with Crippen LogP contribution in [-0.2, 0) is 0 Å². The number of unbranched alkanes of at least 4 members (excludes halogenated alkanes) is 4. The monoisotopic (exact) mass is 372 g/mol. The first kappa shape index (κ1) is 20.3. The van der Waals surface area contributed by atoms with Crippen LogP contribution in [0.4, 0.5) is 13.2 Å². The standard InChI is InChI=1S/C20H31F3OSi/c1-2-3-4-5-6-11-25-12-9-16(10-13-25)17-7-8-19(18(21)14-17)24-15-20(22)23/h7-8,14,16,20,25H,2-6,9-13,15H2,1H3/t16-,25-. The molecule has 1 fully saturated rings. The van der Waals surface area contributed by atoms with Crippen molar-refractivity contribution in [3.63, 3.8) is 0 Å². The van der Waals surface area contributed by atoms with Crippen LogP contribution in [0.5, 0.6) is 5.75 Å². The molecular formula is C20H31F3OSi. The Morgan fingerprint density at radius 3 is 2.48 bits per heavy atom. The minimum Gasteiger partial charge on any atom is -0.485 e. The van der Waals surface area contributed by atoms with Crippen LogP contribution in [0.15, 0.2) is 18.2 Å². The fourth-order valence-electron chi connectivity index (χ4n) is 3.86. The Labute approximate surface area is 151 Å². The van der Waals surface area contributed by atoms with E-state index in [9.17, 15) is 13.2 Å². The molecule has 1 aliphatic heterocycles. The van der Waals surface area contributed by atoms with Crippen molar-refractivity contribution in [1.82, 2.24) is 0 Å². The van der Waals surface area contributed by atoms with Crippen molar-refractivity contribution in [2.75, 3.05) is 6.61 Å². The Morgan fingerprint density at radius 2 is 1.84 bits per heavy atom. The van der Waals surface area contributed by atoms with E-state index < -0.39 is 27.6 Å². The summed E-state index contributed by atoms with van der Waals surface area (Å²) >= 11 is 0. The van der Waals surface area contributed by atoms with Gasteiger partial charge in [0.25, 0.3) is 6.43 Å². The summed E-state index contributed by atoms with van der Waals surface area (Å²) in [6.07, 6.45) is 6.53. The summed E-state index contributed by atoms with van der Waals surface area (Å²) in [5.74, 6) is -0.171. The van der Waals surface area contributed by atoms with Crippen LogP contribution in [0.25, 0.3) is 0 Å². The predicted octanol–water partition coefficient (Wildman–Crippen LogP) is 6.54. The molecule has 0 unspecified atom stereocenters. The van der Waals surface area contributed by atoms with Gasteiger partial charge in [0.15, 0.2) is 11.6 Å². The number of alkyl halides is 2. The zero-order valence-electron chi connectivity index (χ0n) is 15.3. The minimum absolute atomic E-state index is 0.0702. The van der Waals surface area contributed by atoms with Gasteiger partial charge in [-0.3, -0.25) is 0 Å². The smallest absolute Gasteiger partial charge is 0.272 e. The highest BCUT2D eigenvalue weighted by Crippen LogP contribution is 2.36. The van der Waals surface area contributed by atoms with Crippen LogP contribution < -0.4 is 4.74 Å². The summed E-state index contributed by atoms with van der Waals surface area (Å²) in [4.78, 5) is 0. The SMILES string of the molecule is CCCCCCC[Si@H]1CC[C@H](c2ccc(OCC(F)F)c(F)c2)CC1. The van der Waals surface area contributed by atoms with Crippen molar-refractivity contribution in [1.29, 1.82) is 0 Å². The summed E-state index contributed by atoms with van der Waals surface area (Å²) in [6, 6.07) is 9.00. The van der Waals surface area contributed by atoms with Crippen molar-refractivity contribution in [3.05, 3.63) is 29.6 Å². The van der Waals surface area contributed by atoms with Crippen molar-refractivity contribution in [2.45, 2.75) is 82.3 Å². The maximum absolute atomic E-state index is 14.0. The van der Waals surface area contributed by atoms with Crippen molar-refractivity contribution < 1.29 is 17.9 Å². The third-order valence-electron chi connectivity index (χ3n) is 5.35. The Morgan fingerprint density at radius 1 is 1.12 bits per heavy atom. The number of halogens is 3. The number of benzene rings is 1. The van der Waals surface area contributed by atoms with E-state index in [1.165, 1.54) is 62.4 Å². The van der Waals surface area contributed by atoms with Gasteiger partial charge in [-0.1, -0.05) is 63.2 Å². The van der Waals surface area contributed by atoms with Gasteiger partial charge >= 0.3 is 0 Å². The first-order chi connectivity index (χ1) is 12.1. The lowest BCUT2D eigenvalue weighted by atomic mass is 9.93. The quantitative estimate of drug-likeness (QED) is 0.334. The maximum atomic E-state index is 14.0. The van der Waals surface area contributed by atoms with E-state index in [0.717, 1.165) is 18.4 Å². The molecule has 0 saturated carbocycles. The molecule has 1 aliphatic rings. The topological polar surface area (TPSA) is 9.23 Å². The second-order valence-electron chi connectivity index (χ2n) is 7.31. The van der Waals surface area contributed by atoms with Crippen molar-refractivity contribution in [2.24, 2.45) is 0 Å². The molecular weight excluding hydrogens is 341 g/mol. The lowest BCUT2D eigenvalue weighted by Crippen LogP contribution is -2.20. The third kappa shape index (κ3) is 7.04. The highest BCUT2D eigenvalue weighted by Gasteiger charge is 2.23. The molecule has 0 aliphatic carbocycles. The molecule has 1 nitrogen and oxygen atoms in total. The summed E-state index contributed by atoms with van der Waals surface area (Å²) in [6.45, 7) is 1.49.